The number of benzene rings is 2. The van der Waals surface area contributed by atoms with Crippen molar-refractivity contribution >= 4 is 26.8 Å². The van der Waals surface area contributed by atoms with Crippen LogP contribution in [0.5, 0.6) is 5.75 Å². The van der Waals surface area contributed by atoms with E-state index < -0.39 is 10.0 Å². The average molecular weight is 373 g/mol. The summed E-state index contributed by atoms with van der Waals surface area (Å²) in [6, 6.07) is 11.8. The highest BCUT2D eigenvalue weighted by molar-refractivity contribution is 7.89. The van der Waals surface area contributed by atoms with Crippen LogP contribution in [0.25, 0.3) is 10.9 Å². The Hall–Kier alpha value is -2.84. The summed E-state index contributed by atoms with van der Waals surface area (Å²) in [7, 11) is -2.10. The number of ether oxygens (including phenoxy) is 1. The first kappa shape index (κ1) is 18.0. The van der Waals surface area contributed by atoms with Gasteiger partial charge in [0.25, 0.3) is 5.91 Å². The smallest absolute Gasteiger partial charge is 0.253 e. The molecule has 0 aliphatic heterocycles. The molecule has 0 spiro atoms. The summed E-state index contributed by atoms with van der Waals surface area (Å²) in [5.41, 5.74) is 2.29. The molecule has 1 heterocycles. The number of aromatic nitrogens is 1. The number of H-pyrrole nitrogens is 1. The zero-order chi connectivity index (χ0) is 18.7. The van der Waals surface area contributed by atoms with Gasteiger partial charge in [0, 0.05) is 29.7 Å². The molecule has 0 saturated heterocycles. The molecule has 2 aromatic carbocycles. The second-order valence-corrected chi connectivity index (χ2v) is 7.37. The number of fused-ring (bicyclic) bond motifs is 1. The maximum atomic E-state index is 12.4. The van der Waals surface area contributed by atoms with Crippen LogP contribution in [-0.4, -0.2) is 33.0 Å². The minimum absolute atomic E-state index is 0.0690. The summed E-state index contributed by atoms with van der Waals surface area (Å²) in [5.74, 6) is 0.539. The summed E-state index contributed by atoms with van der Waals surface area (Å²) in [6.45, 7) is 0.427. The highest BCUT2D eigenvalue weighted by Crippen LogP contribution is 2.23. The number of rotatable bonds is 6. The van der Waals surface area contributed by atoms with Gasteiger partial charge in [-0.2, -0.15) is 0 Å². The van der Waals surface area contributed by atoms with Gasteiger partial charge in [0.05, 0.1) is 17.6 Å². The number of nitrogens with one attached hydrogen (secondary N) is 2. The molecule has 0 saturated carbocycles. The molecule has 0 radical (unpaired) electrons. The fraction of sp³-hybridized carbons (Fsp3) is 0.167. The second-order valence-electron chi connectivity index (χ2n) is 5.81. The summed E-state index contributed by atoms with van der Waals surface area (Å²) < 4.78 is 27.6. The maximum absolute atomic E-state index is 12.4. The van der Waals surface area contributed by atoms with E-state index in [-0.39, 0.29) is 10.8 Å². The summed E-state index contributed by atoms with van der Waals surface area (Å²) in [6.07, 6.45) is 2.24. The third kappa shape index (κ3) is 3.87. The van der Waals surface area contributed by atoms with E-state index in [0.29, 0.717) is 24.3 Å². The molecule has 0 aliphatic rings. The molecular weight excluding hydrogens is 354 g/mol. The lowest BCUT2D eigenvalue weighted by Gasteiger charge is -2.06. The minimum atomic E-state index is -3.69. The molecule has 0 atom stereocenters. The number of methoxy groups -OCH3 is 1. The molecule has 1 aromatic heterocycles. The molecule has 0 unspecified atom stereocenters. The minimum Gasteiger partial charge on any atom is -0.497 e. The van der Waals surface area contributed by atoms with Crippen molar-refractivity contribution in [3.8, 4) is 5.75 Å². The van der Waals surface area contributed by atoms with E-state index in [0.717, 1.165) is 16.5 Å². The highest BCUT2D eigenvalue weighted by atomic mass is 32.2. The lowest BCUT2D eigenvalue weighted by molar-refractivity contribution is 0.0956. The quantitative estimate of drug-likeness (QED) is 0.611. The SMILES string of the molecule is COc1ccc2c(C(=O)NCCc3ccc(S(N)(=O)=O)cc3)c[nH]c2c1. The van der Waals surface area contributed by atoms with Gasteiger partial charge in [-0.05, 0) is 36.2 Å². The van der Waals surface area contributed by atoms with Gasteiger partial charge >= 0.3 is 0 Å². The highest BCUT2D eigenvalue weighted by Gasteiger charge is 2.12. The largest absolute Gasteiger partial charge is 0.497 e. The number of aromatic amines is 1. The van der Waals surface area contributed by atoms with Gasteiger partial charge in [-0.1, -0.05) is 12.1 Å². The van der Waals surface area contributed by atoms with Gasteiger partial charge < -0.3 is 15.0 Å². The lowest BCUT2D eigenvalue weighted by atomic mass is 10.1. The van der Waals surface area contributed by atoms with Gasteiger partial charge in [0.2, 0.25) is 10.0 Å². The number of hydrogen-bond acceptors (Lipinski definition) is 4. The molecule has 0 fully saturated rings. The van der Waals surface area contributed by atoms with E-state index in [1.807, 2.05) is 12.1 Å². The third-order valence-corrected chi connectivity index (χ3v) is 5.01. The monoisotopic (exact) mass is 373 g/mol. The first-order valence-electron chi connectivity index (χ1n) is 7.93. The zero-order valence-corrected chi connectivity index (χ0v) is 15.0. The van der Waals surface area contributed by atoms with Gasteiger partial charge in [-0.25, -0.2) is 13.6 Å². The van der Waals surface area contributed by atoms with Crippen LogP contribution in [0.15, 0.2) is 53.6 Å². The Balaban J connectivity index is 1.62. The Morgan fingerprint density at radius 1 is 1.19 bits per heavy atom. The van der Waals surface area contributed by atoms with Crippen LogP contribution in [0.2, 0.25) is 0 Å². The first-order chi connectivity index (χ1) is 12.4. The van der Waals surface area contributed by atoms with Crippen LogP contribution in [-0.2, 0) is 16.4 Å². The van der Waals surface area contributed by atoms with Crippen LogP contribution < -0.4 is 15.2 Å². The second kappa shape index (κ2) is 7.19. The Labute approximate surface area is 151 Å². The Morgan fingerprint density at radius 3 is 2.58 bits per heavy atom. The number of primary sulfonamides is 1. The van der Waals surface area contributed by atoms with Crippen LogP contribution in [0.1, 0.15) is 15.9 Å². The van der Waals surface area contributed by atoms with Crippen LogP contribution in [0.3, 0.4) is 0 Å². The summed E-state index contributed by atoms with van der Waals surface area (Å²) in [5, 5.41) is 8.76. The maximum Gasteiger partial charge on any atom is 0.253 e. The molecule has 1 amide bonds. The van der Waals surface area contributed by atoms with Crippen molar-refractivity contribution in [1.29, 1.82) is 0 Å². The fourth-order valence-electron chi connectivity index (χ4n) is 2.68. The fourth-order valence-corrected chi connectivity index (χ4v) is 3.20. The molecule has 0 bridgehead atoms. The van der Waals surface area contributed by atoms with Gasteiger partial charge in [0.15, 0.2) is 0 Å². The molecule has 3 rings (SSSR count). The Bertz CT molecular complexity index is 1040. The van der Waals surface area contributed by atoms with Crippen molar-refractivity contribution in [2.75, 3.05) is 13.7 Å². The van der Waals surface area contributed by atoms with Gasteiger partial charge in [0.1, 0.15) is 5.75 Å². The Kier molecular flexibility index (Phi) is 4.97. The van der Waals surface area contributed by atoms with E-state index in [1.54, 1.807) is 31.5 Å². The van der Waals surface area contributed by atoms with E-state index in [9.17, 15) is 13.2 Å². The molecule has 4 N–H and O–H groups in total. The van der Waals surface area contributed by atoms with E-state index >= 15 is 0 Å². The van der Waals surface area contributed by atoms with Crippen LogP contribution >= 0.6 is 0 Å². The molecule has 7 nitrogen and oxygen atoms in total. The summed E-state index contributed by atoms with van der Waals surface area (Å²) >= 11 is 0. The topological polar surface area (TPSA) is 114 Å². The van der Waals surface area contributed by atoms with Crippen molar-refractivity contribution in [3.63, 3.8) is 0 Å². The van der Waals surface area contributed by atoms with Crippen molar-refractivity contribution in [1.82, 2.24) is 10.3 Å². The molecule has 136 valence electrons. The molecule has 3 aromatic rings. The van der Waals surface area contributed by atoms with Crippen molar-refractivity contribution < 1.29 is 17.9 Å². The molecular formula is C18H19N3O4S. The van der Waals surface area contributed by atoms with Gasteiger partial charge in [-0.15, -0.1) is 0 Å². The number of hydrogen-bond donors (Lipinski definition) is 3. The van der Waals surface area contributed by atoms with Crippen molar-refractivity contribution in [3.05, 3.63) is 59.8 Å². The van der Waals surface area contributed by atoms with Crippen molar-refractivity contribution in [2.24, 2.45) is 5.14 Å². The first-order valence-corrected chi connectivity index (χ1v) is 9.48. The number of amides is 1. The van der Waals surface area contributed by atoms with E-state index in [4.69, 9.17) is 9.88 Å². The average Bonchev–Trinajstić information content (AvgIpc) is 3.04. The standard InChI is InChI=1S/C18H19N3O4S/c1-25-13-4-7-15-16(11-21-17(15)10-13)18(22)20-9-8-12-2-5-14(6-3-12)26(19,23)24/h2-7,10-11,21H,8-9H2,1H3,(H,20,22)(H2,19,23,24). The number of carbonyl (C=O) groups excluding carboxylic acids is 1. The third-order valence-electron chi connectivity index (χ3n) is 4.08. The molecule has 8 heteroatoms. The van der Waals surface area contributed by atoms with Crippen molar-refractivity contribution in [2.45, 2.75) is 11.3 Å². The number of carbonyl (C=O) groups is 1. The van der Waals surface area contributed by atoms with E-state index in [2.05, 4.69) is 10.3 Å². The lowest BCUT2D eigenvalue weighted by Crippen LogP contribution is -2.25. The summed E-state index contributed by atoms with van der Waals surface area (Å²) in [4.78, 5) is 15.5. The molecule has 0 aliphatic carbocycles. The predicted octanol–water partition coefficient (Wildman–Crippen LogP) is 1.80. The number of nitrogens with two attached hydrogens (primary N) is 1. The predicted molar refractivity (Wildman–Crippen MR) is 98.7 cm³/mol. The normalized spacial score (nSPS) is 11.5. The van der Waals surface area contributed by atoms with Crippen LogP contribution in [0.4, 0.5) is 0 Å². The van der Waals surface area contributed by atoms with Crippen LogP contribution in [0, 0.1) is 0 Å². The van der Waals surface area contributed by atoms with Gasteiger partial charge in [-0.3, -0.25) is 4.79 Å². The molecule has 26 heavy (non-hydrogen) atoms. The zero-order valence-electron chi connectivity index (χ0n) is 14.2. The number of sulfonamides is 1. The Morgan fingerprint density at radius 2 is 1.92 bits per heavy atom. The van der Waals surface area contributed by atoms with E-state index in [1.165, 1.54) is 12.1 Å².